The Morgan fingerprint density at radius 3 is 1.84 bits per heavy atom. The fraction of sp³-hybridized carbons (Fsp3) is 0.672. The number of hydrogen-bond acceptors (Lipinski definition) is 14. The molecular weight excluding hydrogens is 1000 g/mol. The van der Waals surface area contributed by atoms with E-state index < -0.39 is 38.1 Å². The number of ether oxygens (including phenoxy) is 3. The third kappa shape index (κ3) is 28.4. The monoisotopic (exact) mass is 1090 g/mol. The van der Waals surface area contributed by atoms with Gasteiger partial charge in [-0.3, -0.25) is 14.2 Å². The van der Waals surface area contributed by atoms with Crippen LogP contribution in [0.1, 0.15) is 205 Å². The second-order valence-corrected chi connectivity index (χ2v) is 22.5. The molecule has 2 heterocycles. The number of carbonyl (C=O) groups excluding carboxylic acids is 2. The van der Waals surface area contributed by atoms with Crippen molar-refractivity contribution in [1.82, 2.24) is 15.0 Å². The number of quaternary nitrogens is 1. The maximum atomic E-state index is 13.1. The van der Waals surface area contributed by atoms with Crippen LogP contribution < -0.4 is 15.3 Å². The van der Waals surface area contributed by atoms with Gasteiger partial charge in [0, 0.05) is 34.9 Å². The summed E-state index contributed by atoms with van der Waals surface area (Å²) in [6.07, 6.45) is 31.6. The first-order valence-corrected chi connectivity index (χ1v) is 30.3. The van der Waals surface area contributed by atoms with E-state index in [1.165, 1.54) is 120 Å². The van der Waals surface area contributed by atoms with Gasteiger partial charge in [0.1, 0.15) is 49.9 Å². The van der Waals surface area contributed by atoms with Gasteiger partial charge in [-0.05, 0) is 42.1 Å². The van der Waals surface area contributed by atoms with E-state index >= 15 is 0 Å². The lowest BCUT2D eigenvalue weighted by molar-refractivity contribution is -0.904. The van der Waals surface area contributed by atoms with Crippen molar-refractivity contribution >= 4 is 36.4 Å². The van der Waals surface area contributed by atoms with Crippen LogP contribution in [-0.2, 0) is 45.8 Å². The molecule has 0 N–H and O–H groups in total. The molecule has 0 bridgehead atoms. The third-order valence-corrected chi connectivity index (χ3v) is 14.6. The molecule has 77 heavy (non-hydrogen) atoms. The average Bonchev–Trinajstić information content (AvgIpc) is 3.86. The van der Waals surface area contributed by atoms with Crippen LogP contribution in [0, 0.1) is 0 Å². The second kappa shape index (κ2) is 37.7. The molecule has 2 unspecified atom stereocenters. The Morgan fingerprint density at radius 1 is 0.740 bits per heavy atom. The summed E-state index contributed by atoms with van der Waals surface area (Å²) >= 11 is 0. The van der Waals surface area contributed by atoms with Gasteiger partial charge in [0.15, 0.2) is 11.8 Å². The molecule has 0 aliphatic rings. The Kier molecular flexibility index (Phi) is 31.5. The standard InChI is InChI=1S/C58H90N7O11P/c1-5-7-9-11-13-15-17-19-21-23-25-27-29-31-56(66)72-46-53(75-57(67)32-30-28-26-24-22-20-18-16-14-12-10-8-6-2)47-74-77(69,70)73-40-39-65(3,4)44-51-43-64(63-61-51)54-41-49-35-38-52(42-55(49)76-58(54)68)71-45-48-33-36-50(37-34-48)60-62-59/h33-38,41-43,53H,5-32,39-40,44-47H2,1-4H3. The zero-order chi connectivity index (χ0) is 55.4. The first-order valence-electron chi connectivity index (χ1n) is 28.8. The van der Waals surface area contributed by atoms with Crippen molar-refractivity contribution in [2.45, 2.75) is 213 Å². The summed E-state index contributed by atoms with van der Waals surface area (Å²) in [5, 5.41) is 12.6. The summed E-state index contributed by atoms with van der Waals surface area (Å²) in [6.45, 7) is 4.13. The number of likely N-dealkylation sites (N-methyl/N-ethyl adjacent to an activating group) is 1. The van der Waals surface area contributed by atoms with Crippen molar-refractivity contribution in [2.75, 3.05) is 40.5 Å². The van der Waals surface area contributed by atoms with Crippen molar-refractivity contribution in [1.29, 1.82) is 0 Å². The molecular formula is C58H90N7O11P. The van der Waals surface area contributed by atoms with Crippen LogP contribution in [0.5, 0.6) is 5.75 Å². The van der Waals surface area contributed by atoms with Crippen molar-refractivity contribution in [3.8, 4) is 11.4 Å². The highest BCUT2D eigenvalue weighted by molar-refractivity contribution is 7.45. The van der Waals surface area contributed by atoms with E-state index in [-0.39, 0.29) is 49.4 Å². The average molecular weight is 1090 g/mol. The number of hydrogen-bond donors (Lipinski definition) is 0. The van der Waals surface area contributed by atoms with E-state index in [4.69, 9.17) is 33.2 Å². The van der Waals surface area contributed by atoms with Gasteiger partial charge in [-0.2, -0.15) is 0 Å². The minimum atomic E-state index is -4.88. The summed E-state index contributed by atoms with van der Waals surface area (Å²) in [6, 6.07) is 13.8. The quantitative estimate of drug-likeness (QED) is 0.00587. The first-order chi connectivity index (χ1) is 37.3. The molecule has 0 aliphatic heterocycles. The number of phosphoric ester groups is 1. The van der Waals surface area contributed by atoms with Crippen molar-refractivity contribution in [3.05, 3.63) is 86.8 Å². The summed E-state index contributed by atoms with van der Waals surface area (Å²) < 4.78 is 47.7. The molecule has 4 rings (SSSR count). The number of nitrogens with zero attached hydrogens (tertiary/aromatic N) is 7. The van der Waals surface area contributed by atoms with Crippen molar-refractivity contribution in [2.24, 2.45) is 5.11 Å². The van der Waals surface area contributed by atoms with Gasteiger partial charge in [0.25, 0.3) is 7.82 Å². The number of carbonyl (C=O) groups is 2. The minimum Gasteiger partial charge on any atom is -0.756 e. The molecule has 2 aromatic heterocycles. The van der Waals surface area contributed by atoms with E-state index in [1.807, 2.05) is 14.1 Å². The van der Waals surface area contributed by atoms with Crippen LogP contribution in [0.25, 0.3) is 27.1 Å². The number of azide groups is 1. The van der Waals surface area contributed by atoms with Gasteiger partial charge in [-0.25, -0.2) is 9.48 Å². The predicted octanol–water partition coefficient (Wildman–Crippen LogP) is 14.4. The lowest BCUT2D eigenvalue weighted by atomic mass is 10.0. The van der Waals surface area contributed by atoms with Crippen LogP contribution in [0.2, 0.25) is 0 Å². The molecule has 19 heteroatoms. The Morgan fingerprint density at radius 2 is 1.29 bits per heavy atom. The maximum Gasteiger partial charge on any atom is 0.362 e. The molecule has 0 spiro atoms. The van der Waals surface area contributed by atoms with Gasteiger partial charge >= 0.3 is 17.6 Å². The molecule has 0 aliphatic carbocycles. The summed E-state index contributed by atoms with van der Waals surface area (Å²) in [7, 11) is -1.15. The molecule has 0 saturated heterocycles. The zero-order valence-corrected chi connectivity index (χ0v) is 47.8. The molecule has 2 atom stereocenters. The molecule has 428 valence electrons. The van der Waals surface area contributed by atoms with Crippen molar-refractivity contribution in [3.63, 3.8) is 0 Å². The summed E-state index contributed by atoms with van der Waals surface area (Å²) in [4.78, 5) is 54.7. The third-order valence-electron chi connectivity index (χ3n) is 13.6. The molecule has 18 nitrogen and oxygen atoms in total. The number of esters is 2. The SMILES string of the molecule is CCCCCCCCCCCCCCCC(=O)OCC(COP(=O)([O-])OCC[N+](C)(C)Cc1cn(-c2cc3ccc(OCc4ccc(N=[N+]=[N-])cc4)cc3oc2=O)nn1)OC(=O)CCCCCCCCCCCCCCC. The highest BCUT2D eigenvalue weighted by Crippen LogP contribution is 2.38. The summed E-state index contributed by atoms with van der Waals surface area (Å²) in [5.41, 5.74) is 10.3. The summed E-state index contributed by atoms with van der Waals surface area (Å²) in [5.74, 6) is -0.440. The van der Waals surface area contributed by atoms with Crippen LogP contribution in [0.15, 0.2) is 69.1 Å². The lowest BCUT2D eigenvalue weighted by Crippen LogP contribution is -2.41. The Balaban J connectivity index is 1.20. The van der Waals surface area contributed by atoms with Gasteiger partial charge in [-0.15, -0.1) is 5.10 Å². The lowest BCUT2D eigenvalue weighted by Gasteiger charge is -2.30. The highest BCUT2D eigenvalue weighted by Gasteiger charge is 2.24. The smallest absolute Gasteiger partial charge is 0.362 e. The van der Waals surface area contributed by atoms with E-state index in [2.05, 4.69) is 34.2 Å². The first kappa shape index (κ1) is 64.4. The van der Waals surface area contributed by atoms with Crippen LogP contribution in [0.3, 0.4) is 0 Å². The number of aromatic nitrogens is 3. The van der Waals surface area contributed by atoms with E-state index in [9.17, 15) is 23.8 Å². The number of fused-ring (bicyclic) bond motifs is 1. The zero-order valence-electron chi connectivity index (χ0n) is 46.9. The number of phosphoric acid groups is 1. The van der Waals surface area contributed by atoms with Crippen LogP contribution >= 0.6 is 7.82 Å². The Hall–Kier alpha value is -5.09. The maximum absolute atomic E-state index is 13.1. The fourth-order valence-corrected chi connectivity index (χ4v) is 9.75. The number of rotatable bonds is 45. The van der Waals surface area contributed by atoms with Gasteiger partial charge in [-0.1, -0.05) is 203 Å². The second-order valence-electron chi connectivity index (χ2n) is 21.1. The molecule has 0 saturated carbocycles. The van der Waals surface area contributed by atoms with E-state index in [0.29, 0.717) is 47.5 Å². The molecule has 0 fully saturated rings. The molecule has 0 amide bonds. The number of unbranched alkanes of at least 4 members (excludes halogenated alkanes) is 24. The highest BCUT2D eigenvalue weighted by atomic mass is 31.2. The molecule has 0 radical (unpaired) electrons. The number of benzene rings is 2. The van der Waals surface area contributed by atoms with Crippen LogP contribution in [-0.4, -0.2) is 78.0 Å². The van der Waals surface area contributed by atoms with Gasteiger partial charge in [0.05, 0.1) is 26.9 Å². The van der Waals surface area contributed by atoms with Gasteiger partial charge < -0.3 is 37.1 Å². The van der Waals surface area contributed by atoms with Crippen LogP contribution in [0.4, 0.5) is 5.69 Å². The van der Waals surface area contributed by atoms with E-state index in [1.54, 1.807) is 54.7 Å². The van der Waals surface area contributed by atoms with E-state index in [0.717, 1.165) is 44.1 Å². The minimum absolute atomic E-state index is 0.149. The van der Waals surface area contributed by atoms with Crippen molar-refractivity contribution < 1.29 is 51.2 Å². The predicted molar refractivity (Wildman–Crippen MR) is 299 cm³/mol. The fourth-order valence-electron chi connectivity index (χ4n) is 9.02. The Bertz CT molecular complexity index is 2440. The topological polar surface area (TPSA) is 230 Å². The largest absolute Gasteiger partial charge is 0.756 e. The normalized spacial score (nSPS) is 12.8. The molecule has 4 aromatic rings. The molecule has 2 aromatic carbocycles. The van der Waals surface area contributed by atoms with Gasteiger partial charge in [0.2, 0.25) is 0 Å². The Labute approximate surface area is 457 Å².